The number of benzene rings is 3. The van der Waals surface area contributed by atoms with Crippen molar-refractivity contribution in [2.45, 2.75) is 38.4 Å². The highest BCUT2D eigenvalue weighted by atomic mass is 19.1. The second kappa shape index (κ2) is 9.97. The zero-order valence-electron chi connectivity index (χ0n) is 18.2. The summed E-state index contributed by atoms with van der Waals surface area (Å²) in [6.45, 7) is 6.91. The third-order valence-corrected chi connectivity index (χ3v) is 5.80. The lowest BCUT2D eigenvalue weighted by Crippen LogP contribution is -2.47. The van der Waals surface area contributed by atoms with Crippen LogP contribution in [0.5, 0.6) is 11.5 Å². The van der Waals surface area contributed by atoms with Crippen LogP contribution in [0.2, 0.25) is 0 Å². The number of piperidine rings is 1. The lowest BCUT2D eigenvalue weighted by molar-refractivity contribution is 0.0565. The predicted octanol–water partition coefficient (Wildman–Crippen LogP) is 5.84. The van der Waals surface area contributed by atoms with Gasteiger partial charge in [-0.2, -0.15) is 0 Å². The molecule has 1 heterocycles. The molecule has 3 nitrogen and oxygen atoms in total. The van der Waals surface area contributed by atoms with Gasteiger partial charge in [0.2, 0.25) is 0 Å². The molecule has 3 aromatic rings. The minimum atomic E-state index is -0.246. The topological polar surface area (TPSA) is 21.7 Å². The summed E-state index contributed by atoms with van der Waals surface area (Å²) in [6, 6.07) is 25.0. The first-order chi connectivity index (χ1) is 15.1. The maximum atomic E-state index is 13.3. The normalized spacial score (nSPS) is 20.2. The number of ether oxygens (including phenoxy) is 2. The van der Waals surface area contributed by atoms with E-state index in [9.17, 15) is 4.39 Å². The van der Waals surface area contributed by atoms with E-state index in [1.54, 1.807) is 12.1 Å². The molecular formula is C27H30FNO2. The van der Waals surface area contributed by atoms with Gasteiger partial charge < -0.3 is 9.47 Å². The molecule has 4 rings (SSSR count). The zero-order chi connectivity index (χ0) is 21.6. The van der Waals surface area contributed by atoms with Crippen LogP contribution in [0.15, 0.2) is 78.9 Å². The molecule has 1 fully saturated rings. The van der Waals surface area contributed by atoms with Crippen molar-refractivity contribution >= 4 is 0 Å². The molecule has 0 N–H and O–H groups in total. The average molecular weight is 420 g/mol. The molecule has 4 heteroatoms. The molecule has 0 amide bonds. The molecule has 3 aromatic carbocycles. The Balaban J connectivity index is 1.43. The highest BCUT2D eigenvalue weighted by Gasteiger charge is 2.32. The average Bonchev–Trinajstić information content (AvgIpc) is 2.77. The first kappa shape index (κ1) is 21.4. The van der Waals surface area contributed by atoms with E-state index < -0.39 is 0 Å². The molecule has 162 valence electrons. The molecular weight excluding hydrogens is 389 g/mol. The zero-order valence-corrected chi connectivity index (χ0v) is 18.2. The van der Waals surface area contributed by atoms with Gasteiger partial charge in [0, 0.05) is 25.6 Å². The van der Waals surface area contributed by atoms with Gasteiger partial charge >= 0.3 is 0 Å². The number of nitrogens with zero attached hydrogens (tertiary/aromatic N) is 1. The Morgan fingerprint density at radius 2 is 1.74 bits per heavy atom. The molecule has 31 heavy (non-hydrogen) atoms. The van der Waals surface area contributed by atoms with Gasteiger partial charge in [0.25, 0.3) is 0 Å². The van der Waals surface area contributed by atoms with Crippen molar-refractivity contribution in [3.8, 4) is 11.5 Å². The van der Waals surface area contributed by atoms with Gasteiger partial charge in [-0.25, -0.2) is 4.39 Å². The highest BCUT2D eigenvalue weighted by Crippen LogP contribution is 2.31. The number of aryl methyl sites for hydroxylation is 1. The quantitative estimate of drug-likeness (QED) is 0.480. The van der Waals surface area contributed by atoms with Crippen LogP contribution in [-0.2, 0) is 0 Å². The van der Waals surface area contributed by atoms with Crippen molar-refractivity contribution in [3.05, 3.63) is 95.8 Å². The van der Waals surface area contributed by atoms with Crippen LogP contribution in [0, 0.1) is 12.7 Å². The number of likely N-dealkylation sites (tertiary alicyclic amines) is 1. The van der Waals surface area contributed by atoms with Crippen molar-refractivity contribution in [1.29, 1.82) is 0 Å². The highest BCUT2D eigenvalue weighted by molar-refractivity contribution is 5.28. The van der Waals surface area contributed by atoms with E-state index in [-0.39, 0.29) is 23.9 Å². The van der Waals surface area contributed by atoms with E-state index in [1.165, 1.54) is 23.3 Å². The van der Waals surface area contributed by atoms with Crippen molar-refractivity contribution in [3.63, 3.8) is 0 Å². The second-order valence-electron chi connectivity index (χ2n) is 8.42. The molecule has 3 unspecified atom stereocenters. The Hall–Kier alpha value is -2.85. The lowest BCUT2D eigenvalue weighted by atomic mass is 9.87. The Bertz CT molecular complexity index is 960. The van der Waals surface area contributed by atoms with Gasteiger partial charge in [0.1, 0.15) is 29.5 Å². The number of halogens is 1. The maximum Gasteiger partial charge on any atom is 0.123 e. The summed E-state index contributed by atoms with van der Waals surface area (Å²) in [5, 5.41) is 0. The van der Waals surface area contributed by atoms with Crippen LogP contribution in [-0.4, -0.2) is 36.7 Å². The number of hydrogen-bond donors (Lipinski definition) is 0. The van der Waals surface area contributed by atoms with Gasteiger partial charge in [-0.15, -0.1) is 0 Å². The molecule has 1 saturated heterocycles. The largest absolute Gasteiger partial charge is 0.490 e. The Labute approximate surface area is 184 Å². The summed E-state index contributed by atoms with van der Waals surface area (Å²) in [5.74, 6) is 1.63. The molecule has 0 spiro atoms. The Morgan fingerprint density at radius 1 is 0.968 bits per heavy atom. The summed E-state index contributed by atoms with van der Waals surface area (Å²) in [5.41, 5.74) is 2.47. The van der Waals surface area contributed by atoms with Crippen molar-refractivity contribution < 1.29 is 13.9 Å². The van der Waals surface area contributed by atoms with Crippen LogP contribution in [0.25, 0.3) is 0 Å². The predicted molar refractivity (Wildman–Crippen MR) is 122 cm³/mol. The smallest absolute Gasteiger partial charge is 0.123 e. The second-order valence-corrected chi connectivity index (χ2v) is 8.42. The third kappa shape index (κ3) is 5.86. The van der Waals surface area contributed by atoms with Crippen molar-refractivity contribution in [1.82, 2.24) is 4.90 Å². The molecule has 3 atom stereocenters. The van der Waals surface area contributed by atoms with Crippen LogP contribution in [0.1, 0.15) is 30.4 Å². The van der Waals surface area contributed by atoms with Crippen LogP contribution in [0.4, 0.5) is 4.39 Å². The van der Waals surface area contributed by atoms with Gasteiger partial charge in [-0.1, -0.05) is 42.5 Å². The van der Waals surface area contributed by atoms with E-state index in [0.29, 0.717) is 0 Å². The minimum absolute atomic E-state index is 0.0529. The minimum Gasteiger partial charge on any atom is -0.490 e. The molecule has 0 aliphatic carbocycles. The first-order valence-corrected chi connectivity index (χ1v) is 11.0. The Kier molecular flexibility index (Phi) is 6.88. The monoisotopic (exact) mass is 419 g/mol. The number of hydrogen-bond acceptors (Lipinski definition) is 3. The van der Waals surface area contributed by atoms with E-state index in [2.05, 4.69) is 55.1 Å². The van der Waals surface area contributed by atoms with Gasteiger partial charge in [-0.3, -0.25) is 4.90 Å². The fourth-order valence-corrected chi connectivity index (χ4v) is 4.33. The van der Waals surface area contributed by atoms with Gasteiger partial charge in [0.15, 0.2) is 0 Å². The molecule has 0 bridgehead atoms. The van der Waals surface area contributed by atoms with E-state index in [1.807, 2.05) is 18.2 Å². The molecule has 0 aromatic heterocycles. The molecule has 1 aliphatic rings. The van der Waals surface area contributed by atoms with Gasteiger partial charge in [0.05, 0.1) is 0 Å². The third-order valence-electron chi connectivity index (χ3n) is 5.80. The Morgan fingerprint density at radius 3 is 2.48 bits per heavy atom. The van der Waals surface area contributed by atoms with E-state index >= 15 is 0 Å². The maximum absolute atomic E-state index is 13.3. The summed E-state index contributed by atoms with van der Waals surface area (Å²) in [7, 11) is 0. The SMILES string of the molecule is Cc1cccc(OC(C)CN2CCC(Oc3ccc(F)cc3)C(c3ccccc3)C2)c1. The van der Waals surface area contributed by atoms with Crippen molar-refractivity contribution in [2.75, 3.05) is 19.6 Å². The molecule has 0 saturated carbocycles. The van der Waals surface area contributed by atoms with Crippen LogP contribution >= 0.6 is 0 Å². The standard InChI is InChI=1S/C27H30FNO2/c1-20-7-6-10-25(17-20)30-21(2)18-29-16-15-27(31-24-13-11-23(28)12-14-24)26(19-29)22-8-4-3-5-9-22/h3-14,17,21,26-27H,15-16,18-19H2,1-2H3. The van der Waals surface area contributed by atoms with E-state index in [0.717, 1.165) is 37.6 Å². The molecule has 1 aliphatic heterocycles. The van der Waals surface area contributed by atoms with E-state index in [4.69, 9.17) is 9.47 Å². The fraction of sp³-hybridized carbons (Fsp3) is 0.333. The van der Waals surface area contributed by atoms with Gasteiger partial charge in [-0.05, 0) is 67.8 Å². The summed E-state index contributed by atoms with van der Waals surface area (Å²) in [6.07, 6.45) is 1.05. The lowest BCUT2D eigenvalue weighted by Gasteiger charge is -2.39. The number of rotatable bonds is 7. The van der Waals surface area contributed by atoms with Crippen LogP contribution < -0.4 is 9.47 Å². The first-order valence-electron chi connectivity index (χ1n) is 11.0. The fourth-order valence-electron chi connectivity index (χ4n) is 4.33. The summed E-state index contributed by atoms with van der Waals surface area (Å²) >= 11 is 0. The molecule has 0 radical (unpaired) electrons. The van der Waals surface area contributed by atoms with Crippen molar-refractivity contribution in [2.24, 2.45) is 0 Å². The summed E-state index contributed by atoms with van der Waals surface area (Å²) < 4.78 is 25.8. The summed E-state index contributed by atoms with van der Waals surface area (Å²) in [4.78, 5) is 2.46. The van der Waals surface area contributed by atoms with Crippen LogP contribution in [0.3, 0.4) is 0 Å².